The minimum absolute atomic E-state index is 0.669. The van der Waals surface area contributed by atoms with E-state index in [0.717, 1.165) is 37.2 Å². The molecule has 0 bridgehead atoms. The number of unbranched alkanes of at least 4 members (excludes halogenated alkanes) is 1. The maximum Gasteiger partial charge on any atom is 0.150 e. The van der Waals surface area contributed by atoms with Gasteiger partial charge in [-0.1, -0.05) is 0 Å². The summed E-state index contributed by atoms with van der Waals surface area (Å²) in [5.74, 6) is 1.86. The highest BCUT2D eigenvalue weighted by molar-refractivity contribution is 5.74. The fourth-order valence-corrected chi connectivity index (χ4v) is 1.86. The Morgan fingerprint density at radius 3 is 2.68 bits per heavy atom. The van der Waals surface area contributed by atoms with Crippen LogP contribution in [0.1, 0.15) is 29.0 Å². The number of hydrogen-bond acceptors (Lipinski definition) is 3. The van der Waals surface area contributed by atoms with Crippen LogP contribution in [0.15, 0.2) is 36.7 Å². The highest BCUT2D eigenvalue weighted by Crippen LogP contribution is 2.11. The number of benzene rings is 1. The fraction of sp³-hybridized carbons (Fsp3) is 0.333. The number of hydrogen-bond donors (Lipinski definition) is 0. The first-order valence-electron chi connectivity index (χ1n) is 6.45. The number of nitrogens with zero attached hydrogens (tertiary/aromatic N) is 2. The Morgan fingerprint density at radius 1 is 1.26 bits per heavy atom. The molecule has 0 aliphatic rings. The van der Waals surface area contributed by atoms with Gasteiger partial charge in [0.2, 0.25) is 0 Å². The first kappa shape index (κ1) is 13.3. The number of imidazole rings is 1. The predicted octanol–water partition coefficient (Wildman–Crippen LogP) is 2.86. The SMILES string of the molecule is Cc1nccn1CCCCOc1ccc(C=O)cc1. The van der Waals surface area contributed by atoms with Crippen molar-refractivity contribution in [2.24, 2.45) is 0 Å². The van der Waals surface area contributed by atoms with E-state index in [0.29, 0.717) is 12.2 Å². The summed E-state index contributed by atoms with van der Waals surface area (Å²) in [6, 6.07) is 7.17. The van der Waals surface area contributed by atoms with Gasteiger partial charge in [0.05, 0.1) is 6.61 Å². The summed E-state index contributed by atoms with van der Waals surface area (Å²) in [5, 5.41) is 0. The fourth-order valence-electron chi connectivity index (χ4n) is 1.86. The van der Waals surface area contributed by atoms with Crippen LogP contribution in [0.2, 0.25) is 0 Å². The molecule has 0 aliphatic heterocycles. The van der Waals surface area contributed by atoms with Crippen molar-refractivity contribution in [1.29, 1.82) is 0 Å². The molecule has 2 aromatic rings. The number of aromatic nitrogens is 2. The second-order valence-electron chi connectivity index (χ2n) is 4.41. The van der Waals surface area contributed by atoms with Gasteiger partial charge in [0.25, 0.3) is 0 Å². The van der Waals surface area contributed by atoms with Crippen LogP contribution in [0, 0.1) is 6.92 Å². The Kier molecular flexibility index (Phi) is 4.72. The first-order valence-corrected chi connectivity index (χ1v) is 6.45. The van der Waals surface area contributed by atoms with Crippen molar-refractivity contribution in [3.63, 3.8) is 0 Å². The van der Waals surface area contributed by atoms with Crippen LogP contribution >= 0.6 is 0 Å². The van der Waals surface area contributed by atoms with Gasteiger partial charge in [0, 0.05) is 24.5 Å². The van der Waals surface area contributed by atoms with E-state index >= 15 is 0 Å². The quantitative estimate of drug-likeness (QED) is 0.566. The van der Waals surface area contributed by atoms with Crippen molar-refractivity contribution in [3.05, 3.63) is 48.0 Å². The molecule has 0 radical (unpaired) electrons. The molecule has 0 saturated carbocycles. The molecule has 2 rings (SSSR count). The van der Waals surface area contributed by atoms with Crippen molar-refractivity contribution in [1.82, 2.24) is 9.55 Å². The van der Waals surface area contributed by atoms with Gasteiger partial charge in [-0.05, 0) is 44.0 Å². The zero-order valence-corrected chi connectivity index (χ0v) is 11.1. The minimum atomic E-state index is 0.669. The summed E-state index contributed by atoms with van der Waals surface area (Å²) in [6.45, 7) is 3.67. The van der Waals surface area contributed by atoms with Gasteiger partial charge >= 0.3 is 0 Å². The number of carbonyl (C=O) groups excluding carboxylic acids is 1. The monoisotopic (exact) mass is 258 g/mol. The molecule has 4 heteroatoms. The van der Waals surface area contributed by atoms with Crippen molar-refractivity contribution in [2.45, 2.75) is 26.3 Å². The molecule has 100 valence electrons. The van der Waals surface area contributed by atoms with E-state index < -0.39 is 0 Å². The summed E-state index contributed by atoms with van der Waals surface area (Å²) in [4.78, 5) is 14.7. The highest BCUT2D eigenvalue weighted by atomic mass is 16.5. The lowest BCUT2D eigenvalue weighted by molar-refractivity contribution is 0.112. The number of ether oxygens (including phenoxy) is 1. The molecule has 1 aromatic carbocycles. The normalized spacial score (nSPS) is 10.4. The molecular weight excluding hydrogens is 240 g/mol. The molecule has 0 aliphatic carbocycles. The van der Waals surface area contributed by atoms with E-state index in [1.54, 1.807) is 12.1 Å². The largest absolute Gasteiger partial charge is 0.494 e. The van der Waals surface area contributed by atoms with Gasteiger partial charge in [0.15, 0.2) is 0 Å². The minimum Gasteiger partial charge on any atom is -0.494 e. The Hall–Kier alpha value is -2.10. The summed E-state index contributed by atoms with van der Waals surface area (Å²) < 4.78 is 7.75. The third-order valence-electron chi connectivity index (χ3n) is 3.00. The lowest BCUT2D eigenvalue weighted by Crippen LogP contribution is -2.03. The molecule has 19 heavy (non-hydrogen) atoms. The van der Waals surface area contributed by atoms with Crippen LogP contribution in [0.3, 0.4) is 0 Å². The summed E-state index contributed by atoms with van der Waals surface area (Å²) in [7, 11) is 0. The number of rotatable bonds is 7. The molecule has 4 nitrogen and oxygen atoms in total. The molecule has 0 unspecified atom stereocenters. The lowest BCUT2D eigenvalue weighted by Gasteiger charge is -2.07. The van der Waals surface area contributed by atoms with E-state index in [-0.39, 0.29) is 0 Å². The van der Waals surface area contributed by atoms with Gasteiger partial charge in [-0.3, -0.25) is 4.79 Å². The number of aldehydes is 1. The second kappa shape index (κ2) is 6.73. The standard InChI is InChI=1S/C15H18N2O2/c1-13-16-8-10-17(13)9-2-3-11-19-15-6-4-14(12-18)5-7-15/h4-8,10,12H,2-3,9,11H2,1H3. The molecule has 0 atom stereocenters. The predicted molar refractivity (Wildman–Crippen MR) is 73.5 cm³/mol. The van der Waals surface area contributed by atoms with Crippen LogP contribution in [-0.4, -0.2) is 22.4 Å². The molecule has 0 N–H and O–H groups in total. The topological polar surface area (TPSA) is 44.1 Å². The van der Waals surface area contributed by atoms with E-state index in [4.69, 9.17) is 4.74 Å². The van der Waals surface area contributed by atoms with Crippen LogP contribution in [0.25, 0.3) is 0 Å². The Labute approximate surface area is 113 Å². The maximum atomic E-state index is 10.5. The van der Waals surface area contributed by atoms with Gasteiger partial charge < -0.3 is 9.30 Å². The van der Waals surface area contributed by atoms with Crippen LogP contribution in [0.5, 0.6) is 5.75 Å². The van der Waals surface area contributed by atoms with E-state index in [9.17, 15) is 4.79 Å². The summed E-state index contributed by atoms with van der Waals surface area (Å²) in [6.07, 6.45) is 6.70. The van der Waals surface area contributed by atoms with Crippen molar-refractivity contribution >= 4 is 6.29 Å². The van der Waals surface area contributed by atoms with E-state index in [1.807, 2.05) is 31.5 Å². The van der Waals surface area contributed by atoms with E-state index in [1.165, 1.54) is 0 Å². The van der Waals surface area contributed by atoms with Crippen molar-refractivity contribution < 1.29 is 9.53 Å². The van der Waals surface area contributed by atoms with Gasteiger partial charge in [0.1, 0.15) is 17.9 Å². The number of aryl methyl sites for hydroxylation is 2. The Bertz CT molecular complexity index is 517. The van der Waals surface area contributed by atoms with Gasteiger partial charge in [-0.25, -0.2) is 4.98 Å². The third-order valence-corrected chi connectivity index (χ3v) is 3.00. The molecule has 0 spiro atoms. The second-order valence-corrected chi connectivity index (χ2v) is 4.41. The average Bonchev–Trinajstić information content (AvgIpc) is 2.85. The van der Waals surface area contributed by atoms with Crippen molar-refractivity contribution in [2.75, 3.05) is 6.61 Å². The smallest absolute Gasteiger partial charge is 0.150 e. The van der Waals surface area contributed by atoms with Crippen LogP contribution < -0.4 is 4.74 Å². The molecule has 0 fully saturated rings. The third kappa shape index (κ3) is 3.95. The zero-order valence-electron chi connectivity index (χ0n) is 11.1. The average molecular weight is 258 g/mol. The van der Waals surface area contributed by atoms with Gasteiger partial charge in [-0.2, -0.15) is 0 Å². The first-order chi connectivity index (χ1) is 9.29. The molecule has 0 saturated heterocycles. The maximum absolute atomic E-state index is 10.5. The number of carbonyl (C=O) groups is 1. The van der Waals surface area contributed by atoms with Crippen LogP contribution in [-0.2, 0) is 6.54 Å². The zero-order chi connectivity index (χ0) is 13.5. The Morgan fingerprint density at radius 2 is 2.05 bits per heavy atom. The van der Waals surface area contributed by atoms with Crippen molar-refractivity contribution in [3.8, 4) is 5.75 Å². The molecule has 1 aromatic heterocycles. The molecular formula is C15H18N2O2. The van der Waals surface area contributed by atoms with E-state index in [2.05, 4.69) is 9.55 Å². The summed E-state index contributed by atoms with van der Waals surface area (Å²) in [5.41, 5.74) is 0.669. The van der Waals surface area contributed by atoms with Gasteiger partial charge in [-0.15, -0.1) is 0 Å². The highest BCUT2D eigenvalue weighted by Gasteiger charge is 1.97. The molecule has 1 heterocycles. The van der Waals surface area contributed by atoms with Crippen LogP contribution in [0.4, 0.5) is 0 Å². The molecule has 0 amide bonds. The Balaban J connectivity index is 1.66. The summed E-state index contributed by atoms with van der Waals surface area (Å²) >= 11 is 0. The lowest BCUT2D eigenvalue weighted by atomic mass is 10.2.